The summed E-state index contributed by atoms with van der Waals surface area (Å²) < 4.78 is 34.0. The lowest BCUT2D eigenvalue weighted by molar-refractivity contribution is -0.139. The largest absolute Gasteiger partial charge is 0.478 e. The van der Waals surface area contributed by atoms with Crippen LogP contribution in [0, 0.1) is 24.5 Å². The zero-order valence-electron chi connectivity index (χ0n) is 22.2. The molecule has 0 spiro atoms. The van der Waals surface area contributed by atoms with Gasteiger partial charge >= 0.3 is 11.9 Å². The van der Waals surface area contributed by atoms with Crippen molar-refractivity contribution < 1.29 is 28.2 Å². The van der Waals surface area contributed by atoms with Crippen LogP contribution < -0.4 is 10.2 Å². The summed E-state index contributed by atoms with van der Waals surface area (Å²) >= 11 is 7.61. The molecule has 0 radical (unpaired) electrons. The van der Waals surface area contributed by atoms with Gasteiger partial charge in [0.1, 0.15) is 11.9 Å². The van der Waals surface area contributed by atoms with Crippen LogP contribution in [0.4, 0.5) is 14.6 Å². The highest BCUT2D eigenvalue weighted by atomic mass is 35.5. The van der Waals surface area contributed by atoms with Crippen LogP contribution in [0.25, 0.3) is 0 Å². The van der Waals surface area contributed by atoms with Crippen molar-refractivity contribution >= 4 is 46.5 Å². The number of amidine groups is 1. The van der Waals surface area contributed by atoms with Gasteiger partial charge in [-0.2, -0.15) is 0 Å². The van der Waals surface area contributed by atoms with E-state index < -0.39 is 34.6 Å². The number of carboxylic acids is 1. The minimum atomic E-state index is -1.22. The molecule has 0 saturated carbocycles. The molecule has 1 atom stereocenters. The number of anilines is 1. The molecule has 2 aliphatic rings. The molecule has 0 amide bonds. The maximum Gasteiger partial charge on any atom is 0.338 e. The van der Waals surface area contributed by atoms with Crippen LogP contribution in [0.2, 0.25) is 5.02 Å². The van der Waals surface area contributed by atoms with Crippen molar-refractivity contribution in [2.75, 3.05) is 24.6 Å². The first-order chi connectivity index (χ1) is 19.7. The standard InChI is InChI=1S/C28H26ClF2N5O4S/c1-3-40-28(39)20-23(15-6-9-36(10-7-15)19-12-14(2)17(13-33-19)27(37)38)34-25(26-32-8-11-41-26)35-24(20)16-4-5-18(30)22(31)21(16)29/h4-5,8,11-13,15,24H,3,6-7,9-10H2,1-2H3,(H,34,35)(H,37,38). The normalized spacial score (nSPS) is 17.7. The number of carboxylic acid groups (broad SMARTS) is 1. The van der Waals surface area contributed by atoms with Crippen LogP contribution in [0.15, 0.2) is 52.2 Å². The van der Waals surface area contributed by atoms with E-state index in [1.165, 1.54) is 23.6 Å². The minimum absolute atomic E-state index is 0.104. The number of halogens is 3. The van der Waals surface area contributed by atoms with Crippen molar-refractivity contribution in [2.45, 2.75) is 32.7 Å². The van der Waals surface area contributed by atoms with Gasteiger partial charge in [-0.3, -0.25) is 4.99 Å². The lowest BCUT2D eigenvalue weighted by atomic mass is 9.85. The zero-order chi connectivity index (χ0) is 29.3. The van der Waals surface area contributed by atoms with Gasteiger partial charge in [-0.1, -0.05) is 17.7 Å². The van der Waals surface area contributed by atoms with E-state index in [-0.39, 0.29) is 29.2 Å². The summed E-state index contributed by atoms with van der Waals surface area (Å²) in [5.74, 6) is -3.09. The van der Waals surface area contributed by atoms with Crippen molar-refractivity contribution in [2.24, 2.45) is 10.9 Å². The Morgan fingerprint density at radius 2 is 2.00 bits per heavy atom. The Labute approximate surface area is 243 Å². The number of aromatic nitrogens is 2. The molecule has 2 aromatic heterocycles. The number of nitrogens with one attached hydrogen (secondary N) is 1. The number of benzene rings is 1. The molecule has 214 valence electrons. The van der Waals surface area contributed by atoms with Crippen molar-refractivity contribution in [1.82, 2.24) is 15.3 Å². The number of rotatable bonds is 7. The van der Waals surface area contributed by atoms with E-state index in [2.05, 4.69) is 20.2 Å². The predicted octanol–water partition coefficient (Wildman–Crippen LogP) is 5.30. The molecule has 4 heterocycles. The summed E-state index contributed by atoms with van der Waals surface area (Å²) in [6.07, 6.45) is 4.19. The highest BCUT2D eigenvalue weighted by molar-refractivity contribution is 7.11. The average molecular weight is 602 g/mol. The number of allylic oxidation sites excluding steroid dienone is 1. The fourth-order valence-electron chi connectivity index (χ4n) is 5.08. The Hall–Kier alpha value is -3.90. The first kappa shape index (κ1) is 28.6. The van der Waals surface area contributed by atoms with Gasteiger partial charge in [0.05, 0.1) is 22.8 Å². The van der Waals surface area contributed by atoms with Gasteiger partial charge in [-0.25, -0.2) is 28.3 Å². The molecule has 1 fully saturated rings. The number of ether oxygens (including phenoxy) is 1. The number of aliphatic imine (C=N–C) groups is 1. The fraction of sp³-hybridized carbons (Fsp3) is 0.321. The van der Waals surface area contributed by atoms with Gasteiger partial charge in [0.15, 0.2) is 22.5 Å². The van der Waals surface area contributed by atoms with E-state index >= 15 is 0 Å². The summed E-state index contributed by atoms with van der Waals surface area (Å²) in [6.45, 7) is 4.66. The quantitative estimate of drug-likeness (QED) is 0.277. The van der Waals surface area contributed by atoms with Crippen LogP contribution in [0.5, 0.6) is 0 Å². The van der Waals surface area contributed by atoms with E-state index in [1.54, 1.807) is 31.5 Å². The summed E-state index contributed by atoms with van der Waals surface area (Å²) in [5, 5.41) is 14.5. The van der Waals surface area contributed by atoms with E-state index in [0.717, 1.165) is 6.07 Å². The van der Waals surface area contributed by atoms with Crippen molar-refractivity contribution in [3.05, 3.63) is 85.6 Å². The molecule has 1 aromatic carbocycles. The molecule has 1 saturated heterocycles. The fourth-order valence-corrected chi connectivity index (χ4v) is 5.93. The molecule has 5 rings (SSSR count). The molecule has 2 aliphatic heterocycles. The van der Waals surface area contributed by atoms with Gasteiger partial charge in [0.25, 0.3) is 0 Å². The van der Waals surface area contributed by atoms with E-state index in [4.69, 9.17) is 21.3 Å². The van der Waals surface area contributed by atoms with Gasteiger partial charge in [-0.15, -0.1) is 11.3 Å². The predicted molar refractivity (Wildman–Crippen MR) is 150 cm³/mol. The summed E-state index contributed by atoms with van der Waals surface area (Å²) in [6, 6.07) is 2.98. The SMILES string of the molecule is CCOC(=O)C1=C(C2CCN(c3cc(C)c(C(=O)O)cn3)CC2)NC(c2nccs2)=NC1c1ccc(F)c(F)c1Cl. The van der Waals surface area contributed by atoms with E-state index in [1.807, 2.05) is 0 Å². The Morgan fingerprint density at radius 3 is 2.63 bits per heavy atom. The molecular formula is C28H26ClF2N5O4S. The maximum atomic E-state index is 14.6. The van der Waals surface area contributed by atoms with Crippen molar-refractivity contribution in [1.29, 1.82) is 0 Å². The molecule has 9 nitrogen and oxygen atoms in total. The number of pyridine rings is 1. The number of thiazole rings is 1. The van der Waals surface area contributed by atoms with Crippen LogP contribution in [-0.2, 0) is 9.53 Å². The maximum absolute atomic E-state index is 14.6. The number of carbonyl (C=O) groups excluding carboxylic acids is 1. The molecule has 0 aliphatic carbocycles. The number of hydrogen-bond acceptors (Lipinski definition) is 9. The third kappa shape index (κ3) is 5.66. The van der Waals surface area contributed by atoms with Crippen LogP contribution in [0.1, 0.15) is 52.3 Å². The molecule has 1 unspecified atom stereocenters. The van der Waals surface area contributed by atoms with E-state index in [0.29, 0.717) is 53.9 Å². The van der Waals surface area contributed by atoms with Gasteiger partial charge in [0.2, 0.25) is 0 Å². The van der Waals surface area contributed by atoms with Crippen LogP contribution in [-0.4, -0.2) is 52.5 Å². The lowest BCUT2D eigenvalue weighted by Crippen LogP contribution is -2.41. The number of aryl methyl sites for hydroxylation is 1. The third-order valence-corrected chi connectivity index (χ3v) is 8.28. The monoisotopic (exact) mass is 601 g/mol. The molecule has 13 heteroatoms. The Bertz CT molecular complexity index is 1560. The summed E-state index contributed by atoms with van der Waals surface area (Å²) in [4.78, 5) is 40.3. The summed E-state index contributed by atoms with van der Waals surface area (Å²) in [5.41, 5.74) is 1.65. The Morgan fingerprint density at radius 1 is 1.24 bits per heavy atom. The van der Waals surface area contributed by atoms with Crippen molar-refractivity contribution in [3.63, 3.8) is 0 Å². The summed E-state index contributed by atoms with van der Waals surface area (Å²) in [7, 11) is 0. The number of aromatic carboxylic acids is 1. The third-order valence-electron chi connectivity index (χ3n) is 7.12. The molecule has 41 heavy (non-hydrogen) atoms. The first-order valence-corrected chi connectivity index (χ1v) is 14.2. The lowest BCUT2D eigenvalue weighted by Gasteiger charge is -2.37. The highest BCUT2D eigenvalue weighted by Gasteiger charge is 2.38. The molecule has 2 N–H and O–H groups in total. The van der Waals surface area contributed by atoms with Crippen molar-refractivity contribution in [3.8, 4) is 0 Å². The Kier molecular flexibility index (Phi) is 8.32. The zero-order valence-corrected chi connectivity index (χ0v) is 23.7. The second-order valence-corrected chi connectivity index (χ2v) is 10.9. The number of esters is 1. The smallest absolute Gasteiger partial charge is 0.338 e. The molecular weight excluding hydrogens is 576 g/mol. The highest BCUT2D eigenvalue weighted by Crippen LogP contribution is 2.41. The van der Waals surface area contributed by atoms with Crippen LogP contribution in [0.3, 0.4) is 0 Å². The molecule has 3 aromatic rings. The van der Waals surface area contributed by atoms with E-state index in [9.17, 15) is 23.5 Å². The average Bonchev–Trinajstić information content (AvgIpc) is 3.51. The second-order valence-electron chi connectivity index (χ2n) is 9.58. The molecule has 0 bridgehead atoms. The number of hydrogen-bond donors (Lipinski definition) is 2. The number of nitrogens with zero attached hydrogens (tertiary/aromatic N) is 4. The Balaban J connectivity index is 1.53. The minimum Gasteiger partial charge on any atom is -0.478 e. The van der Waals surface area contributed by atoms with Gasteiger partial charge in [-0.05, 0) is 44.4 Å². The topological polar surface area (TPSA) is 117 Å². The van der Waals surface area contributed by atoms with Gasteiger partial charge < -0.3 is 20.1 Å². The number of piperidine rings is 1. The number of carbonyl (C=O) groups is 2. The van der Waals surface area contributed by atoms with Crippen LogP contribution >= 0.6 is 22.9 Å². The second kappa shape index (κ2) is 11.9. The van der Waals surface area contributed by atoms with Gasteiger partial charge in [0, 0.05) is 48.0 Å². The first-order valence-electron chi connectivity index (χ1n) is 12.9.